The Morgan fingerprint density at radius 2 is 2.37 bits per heavy atom. The summed E-state index contributed by atoms with van der Waals surface area (Å²) in [6, 6.07) is 3.35. The lowest BCUT2D eigenvalue weighted by Gasteiger charge is -2.30. The molecule has 1 aliphatic heterocycles. The second-order valence-electron chi connectivity index (χ2n) is 4.11. The lowest BCUT2D eigenvalue weighted by atomic mass is 10.3. The predicted octanol–water partition coefficient (Wildman–Crippen LogP) is 0.192. The fourth-order valence-corrected chi connectivity index (χ4v) is 4.63. The van der Waals surface area contributed by atoms with Gasteiger partial charge in [0.25, 0.3) is 10.0 Å². The number of hydrogen-bond acceptors (Lipinski definition) is 6. The van der Waals surface area contributed by atoms with Crippen LogP contribution in [0.15, 0.2) is 21.5 Å². The molecule has 9 heteroatoms. The highest BCUT2D eigenvalue weighted by Gasteiger charge is 2.33. The topological polar surface area (TPSA) is 105 Å². The average molecular weight is 305 g/mol. The number of hydrogen-bond donors (Lipinski definition) is 2. The van der Waals surface area contributed by atoms with E-state index < -0.39 is 16.1 Å². The molecule has 1 aliphatic rings. The molecule has 0 radical (unpaired) electrons. The molecule has 2 heterocycles. The van der Waals surface area contributed by atoms with E-state index in [1.165, 1.54) is 15.6 Å². The molecule has 0 aromatic carbocycles. The van der Waals surface area contributed by atoms with Crippen molar-refractivity contribution in [3.8, 4) is 0 Å². The zero-order chi connectivity index (χ0) is 14.0. The lowest BCUT2D eigenvalue weighted by Crippen LogP contribution is -2.50. The number of rotatable bonds is 3. The molecule has 19 heavy (non-hydrogen) atoms. The van der Waals surface area contributed by atoms with Gasteiger partial charge in [0.05, 0.1) is 6.61 Å². The molecule has 1 fully saturated rings. The first-order valence-corrected chi connectivity index (χ1v) is 7.86. The number of nitrogens with two attached hydrogens (primary N) is 1. The largest absolute Gasteiger partial charge is 0.409 e. The quantitative estimate of drug-likeness (QED) is 0.359. The van der Waals surface area contributed by atoms with E-state index in [9.17, 15) is 8.42 Å². The van der Waals surface area contributed by atoms with Crippen molar-refractivity contribution in [2.75, 3.05) is 19.7 Å². The highest BCUT2D eigenvalue weighted by molar-refractivity contribution is 7.91. The molecule has 0 amide bonds. The van der Waals surface area contributed by atoms with Gasteiger partial charge in [-0.15, -0.1) is 11.3 Å². The normalized spacial score (nSPS) is 22.6. The van der Waals surface area contributed by atoms with Crippen LogP contribution in [0.1, 0.15) is 4.88 Å². The first-order chi connectivity index (χ1) is 8.95. The van der Waals surface area contributed by atoms with E-state index in [0.29, 0.717) is 4.21 Å². The van der Waals surface area contributed by atoms with Crippen molar-refractivity contribution in [2.24, 2.45) is 10.9 Å². The number of oxime groups is 1. The van der Waals surface area contributed by atoms with Gasteiger partial charge >= 0.3 is 0 Å². The van der Waals surface area contributed by atoms with E-state index in [0.717, 1.165) is 4.88 Å². The molecule has 106 valence electrons. The van der Waals surface area contributed by atoms with E-state index in [4.69, 9.17) is 15.7 Å². The average Bonchev–Trinajstić information content (AvgIpc) is 2.85. The second kappa shape index (κ2) is 5.45. The van der Waals surface area contributed by atoms with Crippen molar-refractivity contribution >= 4 is 27.2 Å². The Morgan fingerprint density at radius 3 is 2.95 bits per heavy atom. The van der Waals surface area contributed by atoms with Gasteiger partial charge in [-0.3, -0.25) is 0 Å². The molecule has 7 nitrogen and oxygen atoms in total. The van der Waals surface area contributed by atoms with Crippen molar-refractivity contribution in [2.45, 2.75) is 17.2 Å². The summed E-state index contributed by atoms with van der Waals surface area (Å²) in [5.74, 6) is -0.123. The first-order valence-electron chi connectivity index (χ1n) is 5.61. The van der Waals surface area contributed by atoms with Crippen LogP contribution in [0.5, 0.6) is 0 Å². The Bertz CT molecular complexity index is 581. The van der Waals surface area contributed by atoms with Gasteiger partial charge in [0, 0.05) is 18.0 Å². The number of ether oxygens (including phenoxy) is 1. The summed E-state index contributed by atoms with van der Waals surface area (Å²) in [5, 5.41) is 11.5. The minimum absolute atomic E-state index is 0.0508. The number of thiophene rings is 1. The summed E-state index contributed by atoms with van der Waals surface area (Å²) in [4.78, 5) is 0.930. The van der Waals surface area contributed by atoms with E-state index in [1.807, 2.05) is 6.92 Å². The van der Waals surface area contributed by atoms with Crippen LogP contribution in [0, 0.1) is 6.92 Å². The molecule has 2 rings (SSSR count). The third-order valence-electron chi connectivity index (χ3n) is 2.78. The van der Waals surface area contributed by atoms with Gasteiger partial charge in [0.15, 0.2) is 5.84 Å². The van der Waals surface area contributed by atoms with E-state index in [-0.39, 0.29) is 25.5 Å². The van der Waals surface area contributed by atoms with Crippen molar-refractivity contribution in [1.82, 2.24) is 4.31 Å². The lowest BCUT2D eigenvalue weighted by molar-refractivity contribution is 0.0355. The smallest absolute Gasteiger partial charge is 0.252 e. The van der Waals surface area contributed by atoms with Crippen molar-refractivity contribution < 1.29 is 18.4 Å². The first kappa shape index (κ1) is 14.3. The maximum Gasteiger partial charge on any atom is 0.252 e. The molecular weight excluding hydrogens is 290 g/mol. The van der Waals surface area contributed by atoms with Crippen LogP contribution >= 0.6 is 11.3 Å². The van der Waals surface area contributed by atoms with Crippen molar-refractivity contribution in [3.63, 3.8) is 0 Å². The maximum absolute atomic E-state index is 12.4. The zero-order valence-corrected chi connectivity index (χ0v) is 11.9. The van der Waals surface area contributed by atoms with Gasteiger partial charge < -0.3 is 15.7 Å². The van der Waals surface area contributed by atoms with Gasteiger partial charge in [-0.25, -0.2) is 8.42 Å². The highest BCUT2D eigenvalue weighted by Crippen LogP contribution is 2.25. The van der Waals surface area contributed by atoms with E-state index in [1.54, 1.807) is 12.1 Å². The number of aryl methyl sites for hydroxylation is 1. The molecule has 0 bridgehead atoms. The Hall–Kier alpha value is -1.16. The Labute approximate surface area is 115 Å². The van der Waals surface area contributed by atoms with E-state index >= 15 is 0 Å². The third kappa shape index (κ3) is 2.89. The minimum atomic E-state index is -3.54. The SMILES string of the molecule is Cc1ccc(S(=O)(=O)N2CCOC(C(N)=NO)C2)s1. The Kier molecular flexibility index (Phi) is 4.09. The summed E-state index contributed by atoms with van der Waals surface area (Å²) < 4.78 is 31.7. The Balaban J connectivity index is 2.21. The van der Waals surface area contributed by atoms with Crippen LogP contribution in [0.2, 0.25) is 0 Å². The highest BCUT2D eigenvalue weighted by atomic mass is 32.2. The van der Waals surface area contributed by atoms with Gasteiger partial charge in [-0.05, 0) is 19.1 Å². The van der Waals surface area contributed by atoms with Crippen LogP contribution in [0.3, 0.4) is 0 Å². The standard InChI is InChI=1S/C10H15N3O4S2/c1-7-2-3-9(18-7)19(15,16)13-4-5-17-8(6-13)10(11)12-14/h2-3,8,14H,4-6H2,1H3,(H2,11,12). The van der Waals surface area contributed by atoms with Gasteiger partial charge in [-0.2, -0.15) is 4.31 Å². The second-order valence-corrected chi connectivity index (χ2v) is 7.57. The summed E-state index contributed by atoms with van der Waals surface area (Å²) in [6.45, 7) is 2.37. The van der Waals surface area contributed by atoms with Gasteiger partial charge in [0.2, 0.25) is 0 Å². The molecule has 1 aromatic heterocycles. The minimum Gasteiger partial charge on any atom is -0.409 e. The number of amidine groups is 1. The molecule has 0 spiro atoms. The number of morpholine rings is 1. The van der Waals surface area contributed by atoms with Crippen molar-refractivity contribution in [1.29, 1.82) is 0 Å². The summed E-state index contributed by atoms with van der Waals surface area (Å²) >= 11 is 1.22. The summed E-state index contributed by atoms with van der Waals surface area (Å²) in [5.41, 5.74) is 5.45. The molecule has 1 saturated heterocycles. The number of sulfonamides is 1. The molecule has 1 unspecified atom stereocenters. The zero-order valence-electron chi connectivity index (χ0n) is 10.3. The molecule has 3 N–H and O–H groups in total. The van der Waals surface area contributed by atoms with Crippen LogP contribution in [-0.2, 0) is 14.8 Å². The molecular formula is C10H15N3O4S2. The fourth-order valence-electron chi connectivity index (χ4n) is 1.77. The molecule has 1 aromatic rings. The van der Waals surface area contributed by atoms with Crippen LogP contribution < -0.4 is 5.73 Å². The number of nitrogens with zero attached hydrogens (tertiary/aromatic N) is 2. The monoisotopic (exact) mass is 305 g/mol. The van der Waals surface area contributed by atoms with Crippen LogP contribution in [-0.4, -0.2) is 49.6 Å². The van der Waals surface area contributed by atoms with Gasteiger partial charge in [-0.1, -0.05) is 5.16 Å². The summed E-state index contributed by atoms with van der Waals surface area (Å²) in [7, 11) is -3.54. The van der Waals surface area contributed by atoms with E-state index in [2.05, 4.69) is 5.16 Å². The summed E-state index contributed by atoms with van der Waals surface area (Å²) in [6.07, 6.45) is -0.713. The molecule has 0 aliphatic carbocycles. The van der Waals surface area contributed by atoms with Crippen LogP contribution in [0.4, 0.5) is 0 Å². The fraction of sp³-hybridized carbons (Fsp3) is 0.500. The third-order valence-corrected chi connectivity index (χ3v) is 6.12. The maximum atomic E-state index is 12.4. The predicted molar refractivity (Wildman–Crippen MR) is 71.0 cm³/mol. The Morgan fingerprint density at radius 1 is 1.63 bits per heavy atom. The van der Waals surface area contributed by atoms with Gasteiger partial charge in [0.1, 0.15) is 10.3 Å². The van der Waals surface area contributed by atoms with Crippen molar-refractivity contribution in [3.05, 3.63) is 17.0 Å². The molecule has 1 atom stereocenters. The molecule has 0 saturated carbocycles. The van der Waals surface area contributed by atoms with Crippen LogP contribution in [0.25, 0.3) is 0 Å².